The van der Waals surface area contributed by atoms with Gasteiger partial charge in [-0.15, -0.1) is 0 Å². The number of hydrogen-bond donors (Lipinski definition) is 1. The Morgan fingerprint density at radius 1 is 0.950 bits per heavy atom. The van der Waals surface area contributed by atoms with Crippen molar-refractivity contribution in [1.82, 2.24) is 0 Å². The van der Waals surface area contributed by atoms with Crippen LogP contribution < -0.4 is 0 Å². The predicted octanol–water partition coefficient (Wildman–Crippen LogP) is 5.21. The standard InChI is InChI=1S/C10H24OSi.C5H12O2S/c1-5-7-8-9-10-12(3,4)11-6-2;1-2-3-4-5-8(6)7/h5-10H2,1-4H3;2-5H2,1H3,(H,6,7). The third-order valence-electron chi connectivity index (χ3n) is 3.09. The predicted molar refractivity (Wildman–Crippen MR) is 93.2 cm³/mol. The van der Waals surface area contributed by atoms with Crippen LogP contribution in [0.15, 0.2) is 0 Å². The van der Waals surface area contributed by atoms with Gasteiger partial charge >= 0.3 is 0 Å². The summed E-state index contributed by atoms with van der Waals surface area (Å²) < 4.78 is 24.0. The second kappa shape index (κ2) is 15.7. The van der Waals surface area contributed by atoms with Crippen molar-refractivity contribution in [3.63, 3.8) is 0 Å². The van der Waals surface area contributed by atoms with E-state index in [1.54, 1.807) is 0 Å². The Bertz CT molecular complexity index is 223. The van der Waals surface area contributed by atoms with E-state index >= 15 is 0 Å². The van der Waals surface area contributed by atoms with E-state index in [9.17, 15) is 4.21 Å². The van der Waals surface area contributed by atoms with Gasteiger partial charge in [0, 0.05) is 12.4 Å². The Kier molecular flexibility index (Phi) is 17.7. The third-order valence-corrected chi connectivity index (χ3v) is 6.36. The molecule has 0 heterocycles. The summed E-state index contributed by atoms with van der Waals surface area (Å²) in [5.74, 6) is 0.438. The van der Waals surface area contributed by atoms with Gasteiger partial charge < -0.3 is 8.98 Å². The van der Waals surface area contributed by atoms with E-state index in [1.807, 2.05) is 0 Å². The first-order chi connectivity index (χ1) is 9.39. The van der Waals surface area contributed by atoms with Gasteiger partial charge in [0.2, 0.25) is 0 Å². The molecular formula is C15H36O3SSi. The Morgan fingerprint density at radius 3 is 1.95 bits per heavy atom. The van der Waals surface area contributed by atoms with E-state index < -0.39 is 19.4 Å². The smallest absolute Gasteiger partial charge is 0.186 e. The molecule has 1 atom stereocenters. The molecule has 0 aromatic rings. The van der Waals surface area contributed by atoms with E-state index in [0.717, 1.165) is 25.9 Å². The highest BCUT2D eigenvalue weighted by atomic mass is 32.2. The molecule has 20 heavy (non-hydrogen) atoms. The lowest BCUT2D eigenvalue weighted by molar-refractivity contribution is 0.327. The molecule has 0 aliphatic heterocycles. The Morgan fingerprint density at radius 2 is 1.50 bits per heavy atom. The fourth-order valence-electron chi connectivity index (χ4n) is 1.92. The van der Waals surface area contributed by atoms with E-state index in [0.29, 0.717) is 5.75 Å². The number of unbranched alkanes of at least 4 members (excludes halogenated alkanes) is 5. The molecule has 124 valence electrons. The fraction of sp³-hybridized carbons (Fsp3) is 1.00. The summed E-state index contributed by atoms with van der Waals surface area (Å²) in [6, 6.07) is 1.33. The number of hydrogen-bond acceptors (Lipinski definition) is 2. The van der Waals surface area contributed by atoms with Crippen molar-refractivity contribution in [1.29, 1.82) is 0 Å². The first kappa shape index (κ1) is 22.6. The van der Waals surface area contributed by atoms with Crippen molar-refractivity contribution in [2.24, 2.45) is 0 Å². The molecule has 1 N–H and O–H groups in total. The lowest BCUT2D eigenvalue weighted by atomic mass is 10.2. The van der Waals surface area contributed by atoms with Crippen molar-refractivity contribution >= 4 is 19.4 Å². The van der Waals surface area contributed by atoms with Crippen molar-refractivity contribution < 1.29 is 13.2 Å². The van der Waals surface area contributed by atoms with Crippen LogP contribution in [-0.4, -0.2) is 29.4 Å². The zero-order chi connectivity index (χ0) is 15.9. The summed E-state index contributed by atoms with van der Waals surface area (Å²) >= 11 is -1.57. The maximum atomic E-state index is 9.99. The zero-order valence-corrected chi connectivity index (χ0v) is 16.1. The van der Waals surface area contributed by atoms with Crippen LogP contribution in [0.4, 0.5) is 0 Å². The maximum Gasteiger partial charge on any atom is 0.186 e. The second-order valence-corrected chi connectivity index (χ2v) is 11.1. The molecule has 0 radical (unpaired) electrons. The molecule has 1 unspecified atom stereocenters. The molecule has 0 spiro atoms. The second-order valence-electron chi connectivity index (χ2n) is 5.74. The van der Waals surface area contributed by atoms with Gasteiger partial charge in [0.15, 0.2) is 19.4 Å². The SMILES string of the molecule is CCCCCC[Si](C)(C)OCC.CCCCCS(=O)O. The zero-order valence-electron chi connectivity index (χ0n) is 14.2. The van der Waals surface area contributed by atoms with Gasteiger partial charge in [-0.3, -0.25) is 0 Å². The van der Waals surface area contributed by atoms with Gasteiger partial charge in [0.1, 0.15) is 0 Å². The molecular weight excluding hydrogens is 288 g/mol. The quantitative estimate of drug-likeness (QED) is 0.322. The van der Waals surface area contributed by atoms with E-state index in [-0.39, 0.29) is 0 Å². The Hall–Kier alpha value is 0.287. The van der Waals surface area contributed by atoms with Crippen LogP contribution in [-0.2, 0) is 15.5 Å². The summed E-state index contributed by atoms with van der Waals surface area (Å²) in [4.78, 5) is 0. The molecule has 0 saturated carbocycles. The minimum atomic E-state index is -1.57. The average Bonchev–Trinajstić information content (AvgIpc) is 2.35. The molecule has 0 rings (SSSR count). The van der Waals surface area contributed by atoms with Gasteiger partial charge in [-0.25, -0.2) is 4.21 Å². The summed E-state index contributed by atoms with van der Waals surface area (Å²) in [7, 11) is -1.25. The van der Waals surface area contributed by atoms with Gasteiger partial charge in [-0.1, -0.05) is 52.4 Å². The number of rotatable bonds is 11. The van der Waals surface area contributed by atoms with Crippen molar-refractivity contribution in [3.8, 4) is 0 Å². The molecule has 0 aromatic carbocycles. The molecule has 0 aliphatic carbocycles. The molecule has 0 bridgehead atoms. The van der Waals surface area contributed by atoms with Crippen LogP contribution in [0.2, 0.25) is 19.1 Å². The van der Waals surface area contributed by atoms with Crippen LogP contribution in [0.25, 0.3) is 0 Å². The molecule has 0 aromatic heterocycles. The molecule has 0 amide bonds. The first-order valence-corrected chi connectivity index (χ1v) is 12.5. The van der Waals surface area contributed by atoms with Crippen molar-refractivity contribution in [3.05, 3.63) is 0 Å². The van der Waals surface area contributed by atoms with Crippen LogP contribution in [0.3, 0.4) is 0 Å². The summed E-state index contributed by atoms with van der Waals surface area (Å²) in [6.45, 7) is 12.0. The van der Waals surface area contributed by atoms with Crippen LogP contribution in [0.5, 0.6) is 0 Å². The summed E-state index contributed by atoms with van der Waals surface area (Å²) in [6.07, 6.45) is 8.52. The summed E-state index contributed by atoms with van der Waals surface area (Å²) in [5, 5.41) is 0. The lowest BCUT2D eigenvalue weighted by Crippen LogP contribution is -2.29. The maximum absolute atomic E-state index is 9.99. The minimum Gasteiger partial charge on any atom is -0.418 e. The monoisotopic (exact) mass is 324 g/mol. The largest absolute Gasteiger partial charge is 0.418 e. The highest BCUT2D eigenvalue weighted by Gasteiger charge is 2.20. The van der Waals surface area contributed by atoms with E-state index in [1.165, 1.54) is 31.7 Å². The Labute approximate surface area is 130 Å². The van der Waals surface area contributed by atoms with Gasteiger partial charge in [-0.05, 0) is 32.5 Å². The molecule has 3 nitrogen and oxygen atoms in total. The highest BCUT2D eigenvalue weighted by molar-refractivity contribution is 7.79. The summed E-state index contributed by atoms with van der Waals surface area (Å²) in [5.41, 5.74) is 0. The topological polar surface area (TPSA) is 46.5 Å². The third kappa shape index (κ3) is 20.6. The van der Waals surface area contributed by atoms with E-state index in [4.69, 9.17) is 8.98 Å². The van der Waals surface area contributed by atoms with Crippen LogP contribution in [0, 0.1) is 0 Å². The van der Waals surface area contributed by atoms with E-state index in [2.05, 4.69) is 33.9 Å². The van der Waals surface area contributed by atoms with Crippen LogP contribution >= 0.6 is 0 Å². The lowest BCUT2D eigenvalue weighted by Gasteiger charge is -2.21. The fourth-order valence-corrected chi connectivity index (χ4v) is 4.39. The van der Waals surface area contributed by atoms with Gasteiger partial charge in [0.25, 0.3) is 0 Å². The van der Waals surface area contributed by atoms with Crippen molar-refractivity contribution in [2.75, 3.05) is 12.4 Å². The molecule has 0 fully saturated rings. The Balaban J connectivity index is 0. The molecule has 0 aliphatic rings. The highest BCUT2D eigenvalue weighted by Crippen LogP contribution is 2.16. The van der Waals surface area contributed by atoms with Crippen molar-refractivity contribution in [2.45, 2.75) is 84.9 Å². The van der Waals surface area contributed by atoms with Gasteiger partial charge in [0.05, 0.1) is 0 Å². The minimum absolute atomic E-state index is 0.438. The average molecular weight is 325 g/mol. The molecule has 5 heteroatoms. The normalized spacial score (nSPS) is 12.7. The van der Waals surface area contributed by atoms with Gasteiger partial charge in [-0.2, -0.15) is 0 Å². The molecule has 0 saturated heterocycles. The first-order valence-electron chi connectivity index (χ1n) is 8.11. The van der Waals surface area contributed by atoms with Crippen LogP contribution in [0.1, 0.15) is 65.7 Å².